The topological polar surface area (TPSA) is 63.8 Å². The molecule has 0 amide bonds. The Morgan fingerprint density at radius 3 is 2.67 bits per heavy atom. The van der Waals surface area contributed by atoms with Gasteiger partial charge >= 0.3 is 0 Å². The van der Waals surface area contributed by atoms with E-state index in [1.807, 2.05) is 0 Å². The van der Waals surface area contributed by atoms with Crippen LogP contribution in [-0.2, 0) is 6.54 Å². The van der Waals surface area contributed by atoms with Gasteiger partial charge in [0.05, 0.1) is 5.69 Å². The van der Waals surface area contributed by atoms with Crippen molar-refractivity contribution in [1.29, 1.82) is 0 Å². The monoisotopic (exact) mass is 206 g/mol. The molecule has 0 bridgehead atoms. The van der Waals surface area contributed by atoms with Crippen LogP contribution in [0.4, 0.5) is 5.82 Å². The van der Waals surface area contributed by atoms with Crippen molar-refractivity contribution < 1.29 is 0 Å². The van der Waals surface area contributed by atoms with E-state index in [1.165, 1.54) is 25.7 Å². The van der Waals surface area contributed by atoms with Crippen LogP contribution < -0.4 is 11.1 Å². The molecule has 0 spiro atoms. The largest absolute Gasteiger partial charge is 0.363 e. The number of hydrogen-bond acceptors (Lipinski definition) is 4. The molecular weight excluding hydrogens is 188 g/mol. The summed E-state index contributed by atoms with van der Waals surface area (Å²) in [4.78, 5) is 8.52. The molecule has 1 saturated carbocycles. The highest BCUT2D eigenvalue weighted by Crippen LogP contribution is 2.32. The summed E-state index contributed by atoms with van der Waals surface area (Å²) >= 11 is 0. The van der Waals surface area contributed by atoms with Gasteiger partial charge in [0.1, 0.15) is 5.82 Å². The molecule has 4 heteroatoms. The molecule has 0 aliphatic heterocycles. The molecular formula is C11H18N4. The Morgan fingerprint density at radius 1 is 1.33 bits per heavy atom. The zero-order chi connectivity index (χ0) is 10.7. The summed E-state index contributed by atoms with van der Waals surface area (Å²) < 4.78 is 0. The van der Waals surface area contributed by atoms with Gasteiger partial charge in [-0.1, -0.05) is 12.8 Å². The first-order valence-electron chi connectivity index (χ1n) is 5.52. The van der Waals surface area contributed by atoms with E-state index in [-0.39, 0.29) is 5.54 Å². The minimum atomic E-state index is 0.181. The molecule has 1 aliphatic carbocycles. The van der Waals surface area contributed by atoms with Gasteiger partial charge in [-0.3, -0.25) is 4.98 Å². The number of hydrogen-bond donors (Lipinski definition) is 2. The van der Waals surface area contributed by atoms with E-state index in [2.05, 4.69) is 22.2 Å². The molecule has 3 N–H and O–H groups in total. The summed E-state index contributed by atoms with van der Waals surface area (Å²) in [7, 11) is 0. The quantitative estimate of drug-likeness (QED) is 0.789. The molecule has 0 radical (unpaired) electrons. The van der Waals surface area contributed by atoms with E-state index >= 15 is 0 Å². The molecule has 15 heavy (non-hydrogen) atoms. The van der Waals surface area contributed by atoms with Crippen LogP contribution in [0.15, 0.2) is 12.4 Å². The van der Waals surface area contributed by atoms with E-state index in [0.29, 0.717) is 6.54 Å². The normalized spacial score (nSPS) is 19.1. The van der Waals surface area contributed by atoms with Crippen molar-refractivity contribution in [3.8, 4) is 0 Å². The van der Waals surface area contributed by atoms with Gasteiger partial charge in [0, 0.05) is 24.5 Å². The maximum absolute atomic E-state index is 5.63. The van der Waals surface area contributed by atoms with Gasteiger partial charge in [-0.25, -0.2) is 4.98 Å². The molecule has 0 aromatic carbocycles. The second-order valence-corrected chi connectivity index (χ2v) is 4.45. The fourth-order valence-electron chi connectivity index (χ4n) is 2.19. The van der Waals surface area contributed by atoms with E-state index in [9.17, 15) is 0 Å². The SMILES string of the molecule is CC1(Nc2nccnc2CN)CCCC1. The van der Waals surface area contributed by atoms with Crippen molar-refractivity contribution in [2.24, 2.45) is 5.73 Å². The average molecular weight is 206 g/mol. The fraction of sp³-hybridized carbons (Fsp3) is 0.636. The first-order chi connectivity index (χ1) is 7.23. The van der Waals surface area contributed by atoms with Crippen molar-refractivity contribution in [3.05, 3.63) is 18.1 Å². The third-order valence-corrected chi connectivity index (χ3v) is 3.09. The van der Waals surface area contributed by atoms with Crippen LogP contribution in [0.1, 0.15) is 38.3 Å². The molecule has 1 aliphatic rings. The minimum Gasteiger partial charge on any atom is -0.363 e. The van der Waals surface area contributed by atoms with E-state index in [0.717, 1.165) is 11.5 Å². The van der Waals surface area contributed by atoms with Crippen LogP contribution in [0.2, 0.25) is 0 Å². The number of nitrogens with two attached hydrogens (primary N) is 1. The summed E-state index contributed by atoms with van der Waals surface area (Å²) in [5.74, 6) is 0.851. The first-order valence-corrected chi connectivity index (χ1v) is 5.52. The van der Waals surface area contributed by atoms with E-state index in [1.54, 1.807) is 12.4 Å². The van der Waals surface area contributed by atoms with Crippen LogP contribution in [0.3, 0.4) is 0 Å². The van der Waals surface area contributed by atoms with Crippen LogP contribution in [0.5, 0.6) is 0 Å². The highest BCUT2D eigenvalue weighted by Gasteiger charge is 2.29. The molecule has 1 aromatic rings. The van der Waals surface area contributed by atoms with Crippen molar-refractivity contribution >= 4 is 5.82 Å². The average Bonchev–Trinajstić information content (AvgIpc) is 2.66. The van der Waals surface area contributed by atoms with Gasteiger partial charge in [0.15, 0.2) is 0 Å². The molecule has 0 atom stereocenters. The Kier molecular flexibility index (Phi) is 2.86. The molecule has 2 rings (SSSR count). The Labute approximate surface area is 90.3 Å². The Hall–Kier alpha value is -1.16. The van der Waals surface area contributed by atoms with Gasteiger partial charge in [-0.2, -0.15) is 0 Å². The maximum Gasteiger partial charge on any atom is 0.149 e. The molecule has 4 nitrogen and oxygen atoms in total. The van der Waals surface area contributed by atoms with Gasteiger partial charge in [0.25, 0.3) is 0 Å². The van der Waals surface area contributed by atoms with Gasteiger partial charge in [-0.05, 0) is 19.8 Å². The predicted octanol–water partition coefficient (Wildman–Crippen LogP) is 1.68. The van der Waals surface area contributed by atoms with E-state index < -0.39 is 0 Å². The van der Waals surface area contributed by atoms with Crippen molar-refractivity contribution in [3.63, 3.8) is 0 Å². The van der Waals surface area contributed by atoms with Crippen molar-refractivity contribution in [2.75, 3.05) is 5.32 Å². The van der Waals surface area contributed by atoms with Crippen LogP contribution in [0, 0.1) is 0 Å². The minimum absolute atomic E-state index is 0.181. The highest BCUT2D eigenvalue weighted by atomic mass is 15.1. The summed E-state index contributed by atoms with van der Waals surface area (Å²) in [5, 5.41) is 3.48. The fourth-order valence-corrected chi connectivity index (χ4v) is 2.19. The van der Waals surface area contributed by atoms with Gasteiger partial charge < -0.3 is 11.1 Å². The third-order valence-electron chi connectivity index (χ3n) is 3.09. The molecule has 1 fully saturated rings. The molecule has 82 valence electrons. The van der Waals surface area contributed by atoms with Gasteiger partial charge in [-0.15, -0.1) is 0 Å². The summed E-state index contributed by atoms with van der Waals surface area (Å²) in [6, 6.07) is 0. The molecule has 1 aromatic heterocycles. The number of anilines is 1. The first kappa shape index (κ1) is 10.4. The van der Waals surface area contributed by atoms with Crippen LogP contribution in [-0.4, -0.2) is 15.5 Å². The smallest absolute Gasteiger partial charge is 0.149 e. The van der Waals surface area contributed by atoms with Gasteiger partial charge in [0.2, 0.25) is 0 Å². The molecule has 0 unspecified atom stereocenters. The summed E-state index contributed by atoms with van der Waals surface area (Å²) in [6.07, 6.45) is 8.38. The summed E-state index contributed by atoms with van der Waals surface area (Å²) in [5.41, 5.74) is 6.66. The lowest BCUT2D eigenvalue weighted by Gasteiger charge is -2.26. The highest BCUT2D eigenvalue weighted by molar-refractivity contribution is 5.42. The Morgan fingerprint density at radius 2 is 2.00 bits per heavy atom. The number of rotatable bonds is 3. The molecule has 0 saturated heterocycles. The lowest BCUT2D eigenvalue weighted by Crippen LogP contribution is -2.32. The summed E-state index contributed by atoms with van der Waals surface area (Å²) in [6.45, 7) is 2.68. The second kappa shape index (κ2) is 4.14. The van der Waals surface area contributed by atoms with E-state index in [4.69, 9.17) is 5.73 Å². The maximum atomic E-state index is 5.63. The van der Waals surface area contributed by atoms with Crippen molar-refractivity contribution in [1.82, 2.24) is 9.97 Å². The number of aromatic nitrogens is 2. The lowest BCUT2D eigenvalue weighted by molar-refractivity contribution is 0.529. The van der Waals surface area contributed by atoms with Crippen LogP contribution in [0.25, 0.3) is 0 Å². The van der Waals surface area contributed by atoms with Crippen molar-refractivity contribution in [2.45, 2.75) is 44.7 Å². The van der Waals surface area contributed by atoms with Crippen LogP contribution >= 0.6 is 0 Å². The predicted molar refractivity (Wildman–Crippen MR) is 60.4 cm³/mol. The number of nitrogens with zero attached hydrogens (tertiary/aromatic N) is 2. The Balaban J connectivity index is 2.16. The number of nitrogens with one attached hydrogen (secondary N) is 1. The molecule has 1 heterocycles. The second-order valence-electron chi connectivity index (χ2n) is 4.45. The third kappa shape index (κ3) is 2.26. The zero-order valence-electron chi connectivity index (χ0n) is 9.16. The zero-order valence-corrected chi connectivity index (χ0v) is 9.16. The standard InChI is InChI=1S/C11H18N4/c1-11(4-2-3-5-11)15-10-9(8-12)13-6-7-14-10/h6-7H,2-5,8,12H2,1H3,(H,14,15). The lowest BCUT2D eigenvalue weighted by atomic mass is 10.0. The Bertz CT molecular complexity index is 331.